The molecule has 0 radical (unpaired) electrons. The SMILES string of the molecule is O=C(O)c1ccc(C(=O)NCc2ccc(CN3CCCC3=O)cc2)c(F)c1. The molecule has 2 aromatic rings. The van der Waals surface area contributed by atoms with Crippen LogP contribution in [0.5, 0.6) is 0 Å². The van der Waals surface area contributed by atoms with Crippen LogP contribution in [0.2, 0.25) is 0 Å². The maximum atomic E-state index is 13.9. The number of aromatic carboxylic acids is 1. The van der Waals surface area contributed by atoms with Crippen LogP contribution in [-0.2, 0) is 17.9 Å². The molecule has 1 fully saturated rings. The fraction of sp³-hybridized carbons (Fsp3) is 0.250. The average molecular weight is 370 g/mol. The van der Waals surface area contributed by atoms with Crippen molar-refractivity contribution in [1.82, 2.24) is 10.2 Å². The van der Waals surface area contributed by atoms with E-state index in [-0.39, 0.29) is 23.6 Å². The number of hydrogen-bond donors (Lipinski definition) is 2. The first-order chi connectivity index (χ1) is 12.9. The average Bonchev–Trinajstić information content (AvgIpc) is 3.05. The van der Waals surface area contributed by atoms with Crippen molar-refractivity contribution in [2.75, 3.05) is 6.54 Å². The largest absolute Gasteiger partial charge is 0.478 e. The summed E-state index contributed by atoms with van der Waals surface area (Å²) in [5.74, 6) is -2.58. The molecule has 0 aliphatic carbocycles. The molecule has 3 rings (SSSR count). The van der Waals surface area contributed by atoms with E-state index in [0.29, 0.717) is 13.0 Å². The number of benzene rings is 2. The molecule has 1 aliphatic rings. The van der Waals surface area contributed by atoms with Gasteiger partial charge in [-0.05, 0) is 35.7 Å². The molecular formula is C20H19FN2O4. The zero-order valence-electron chi connectivity index (χ0n) is 14.6. The molecule has 1 aliphatic heterocycles. The summed E-state index contributed by atoms with van der Waals surface area (Å²) >= 11 is 0. The van der Waals surface area contributed by atoms with Gasteiger partial charge in [-0.2, -0.15) is 0 Å². The fourth-order valence-electron chi connectivity index (χ4n) is 2.96. The Morgan fingerprint density at radius 3 is 2.41 bits per heavy atom. The zero-order valence-corrected chi connectivity index (χ0v) is 14.6. The van der Waals surface area contributed by atoms with E-state index in [1.165, 1.54) is 6.07 Å². The van der Waals surface area contributed by atoms with Crippen LogP contribution < -0.4 is 5.32 Å². The molecule has 0 aromatic heterocycles. The van der Waals surface area contributed by atoms with Crippen molar-refractivity contribution in [2.45, 2.75) is 25.9 Å². The second-order valence-electron chi connectivity index (χ2n) is 6.42. The summed E-state index contributed by atoms with van der Waals surface area (Å²) in [5.41, 5.74) is 1.43. The van der Waals surface area contributed by atoms with Crippen LogP contribution in [0.3, 0.4) is 0 Å². The van der Waals surface area contributed by atoms with Crippen LogP contribution in [0.1, 0.15) is 44.7 Å². The summed E-state index contributed by atoms with van der Waals surface area (Å²) in [5, 5.41) is 11.4. The van der Waals surface area contributed by atoms with Gasteiger partial charge in [-0.25, -0.2) is 9.18 Å². The van der Waals surface area contributed by atoms with Crippen molar-refractivity contribution >= 4 is 17.8 Å². The van der Waals surface area contributed by atoms with Gasteiger partial charge in [0.15, 0.2) is 0 Å². The number of likely N-dealkylation sites (tertiary alicyclic amines) is 1. The minimum absolute atomic E-state index is 0.169. The number of carboxylic acid groups (broad SMARTS) is 1. The van der Waals surface area contributed by atoms with Crippen LogP contribution in [0.4, 0.5) is 4.39 Å². The van der Waals surface area contributed by atoms with Gasteiger partial charge < -0.3 is 15.3 Å². The van der Waals surface area contributed by atoms with Crippen molar-refractivity contribution in [3.63, 3.8) is 0 Å². The molecule has 140 valence electrons. The summed E-state index contributed by atoms with van der Waals surface area (Å²) in [6.45, 7) is 1.57. The number of halogens is 1. The number of amides is 2. The highest BCUT2D eigenvalue weighted by Gasteiger charge is 2.20. The third kappa shape index (κ3) is 4.49. The van der Waals surface area contributed by atoms with Crippen LogP contribution in [-0.4, -0.2) is 34.3 Å². The predicted molar refractivity (Wildman–Crippen MR) is 95.6 cm³/mol. The van der Waals surface area contributed by atoms with Gasteiger partial charge in [0, 0.05) is 26.1 Å². The molecule has 0 bridgehead atoms. The lowest BCUT2D eigenvalue weighted by Gasteiger charge is -2.15. The van der Waals surface area contributed by atoms with E-state index in [1.807, 2.05) is 29.2 Å². The molecule has 1 saturated heterocycles. The molecule has 0 atom stereocenters. The predicted octanol–water partition coefficient (Wildman–Crippen LogP) is 2.58. The van der Waals surface area contributed by atoms with E-state index in [4.69, 9.17) is 5.11 Å². The first-order valence-electron chi connectivity index (χ1n) is 8.60. The van der Waals surface area contributed by atoms with Gasteiger partial charge in [-0.15, -0.1) is 0 Å². The third-order valence-corrected chi connectivity index (χ3v) is 4.48. The number of carbonyl (C=O) groups excluding carboxylic acids is 2. The highest BCUT2D eigenvalue weighted by Crippen LogP contribution is 2.15. The van der Waals surface area contributed by atoms with Crippen molar-refractivity contribution < 1.29 is 23.9 Å². The van der Waals surface area contributed by atoms with Gasteiger partial charge in [0.1, 0.15) is 5.82 Å². The van der Waals surface area contributed by atoms with Gasteiger partial charge in [0.25, 0.3) is 5.91 Å². The molecule has 0 unspecified atom stereocenters. The Bertz CT molecular complexity index is 880. The van der Waals surface area contributed by atoms with Crippen molar-refractivity contribution in [1.29, 1.82) is 0 Å². The van der Waals surface area contributed by atoms with Gasteiger partial charge in [0.05, 0.1) is 11.1 Å². The third-order valence-electron chi connectivity index (χ3n) is 4.48. The lowest BCUT2D eigenvalue weighted by Crippen LogP contribution is -2.24. The summed E-state index contributed by atoms with van der Waals surface area (Å²) < 4.78 is 13.9. The number of carboxylic acids is 1. The monoisotopic (exact) mass is 370 g/mol. The molecule has 2 amide bonds. The summed E-state index contributed by atoms with van der Waals surface area (Å²) in [4.78, 5) is 36.4. The lowest BCUT2D eigenvalue weighted by atomic mass is 10.1. The van der Waals surface area contributed by atoms with E-state index < -0.39 is 17.7 Å². The molecule has 6 nitrogen and oxygen atoms in total. The molecule has 0 saturated carbocycles. The second-order valence-corrected chi connectivity index (χ2v) is 6.42. The molecule has 1 heterocycles. The van der Waals surface area contributed by atoms with Gasteiger partial charge >= 0.3 is 5.97 Å². The van der Waals surface area contributed by atoms with Gasteiger partial charge in [-0.3, -0.25) is 9.59 Å². The Hall–Kier alpha value is -3.22. The zero-order chi connectivity index (χ0) is 19.4. The summed E-state index contributed by atoms with van der Waals surface area (Å²) in [6, 6.07) is 10.7. The van der Waals surface area contributed by atoms with Crippen LogP contribution >= 0.6 is 0 Å². The first-order valence-corrected chi connectivity index (χ1v) is 8.60. The Balaban J connectivity index is 1.57. The van der Waals surface area contributed by atoms with E-state index >= 15 is 0 Å². The molecule has 2 N–H and O–H groups in total. The number of nitrogens with zero attached hydrogens (tertiary/aromatic N) is 1. The summed E-state index contributed by atoms with van der Waals surface area (Å²) in [6.07, 6.45) is 1.50. The van der Waals surface area contributed by atoms with Crippen molar-refractivity contribution in [3.8, 4) is 0 Å². The number of carbonyl (C=O) groups is 3. The Kier molecular flexibility index (Phi) is 5.49. The Morgan fingerprint density at radius 2 is 1.81 bits per heavy atom. The number of rotatable bonds is 6. The fourth-order valence-corrected chi connectivity index (χ4v) is 2.96. The smallest absolute Gasteiger partial charge is 0.335 e. The molecule has 7 heteroatoms. The quantitative estimate of drug-likeness (QED) is 0.818. The molecular weight excluding hydrogens is 351 g/mol. The summed E-state index contributed by atoms with van der Waals surface area (Å²) in [7, 11) is 0. The first kappa shape index (κ1) is 18.6. The van der Waals surface area contributed by atoms with Crippen LogP contribution in [0.15, 0.2) is 42.5 Å². The van der Waals surface area contributed by atoms with Crippen LogP contribution in [0.25, 0.3) is 0 Å². The van der Waals surface area contributed by atoms with E-state index in [1.54, 1.807) is 0 Å². The Morgan fingerprint density at radius 1 is 1.11 bits per heavy atom. The van der Waals surface area contributed by atoms with Gasteiger partial charge in [0.2, 0.25) is 5.91 Å². The number of hydrogen-bond acceptors (Lipinski definition) is 3. The van der Waals surface area contributed by atoms with E-state index in [9.17, 15) is 18.8 Å². The van der Waals surface area contributed by atoms with E-state index in [2.05, 4.69) is 5.32 Å². The molecule has 27 heavy (non-hydrogen) atoms. The lowest BCUT2D eigenvalue weighted by molar-refractivity contribution is -0.128. The maximum absolute atomic E-state index is 13.9. The van der Waals surface area contributed by atoms with Gasteiger partial charge in [-0.1, -0.05) is 24.3 Å². The Labute approximate surface area is 155 Å². The standard InChI is InChI=1S/C20H19FN2O4/c21-17-10-15(20(26)27)7-8-16(17)19(25)22-11-13-3-5-14(6-4-13)12-23-9-1-2-18(23)24/h3-8,10H,1-2,9,11-12H2,(H,22,25)(H,26,27). The molecule has 2 aromatic carbocycles. The van der Waals surface area contributed by atoms with Crippen molar-refractivity contribution in [3.05, 3.63) is 70.5 Å². The second kappa shape index (κ2) is 7.99. The topological polar surface area (TPSA) is 86.7 Å². The highest BCUT2D eigenvalue weighted by atomic mass is 19.1. The number of nitrogens with one attached hydrogen (secondary N) is 1. The van der Waals surface area contributed by atoms with Crippen LogP contribution in [0, 0.1) is 5.82 Å². The highest BCUT2D eigenvalue weighted by molar-refractivity contribution is 5.96. The maximum Gasteiger partial charge on any atom is 0.335 e. The molecule has 0 spiro atoms. The normalized spacial score (nSPS) is 13.7. The minimum atomic E-state index is -1.25. The minimum Gasteiger partial charge on any atom is -0.478 e. The van der Waals surface area contributed by atoms with E-state index in [0.717, 1.165) is 36.2 Å². The van der Waals surface area contributed by atoms with Crippen molar-refractivity contribution in [2.24, 2.45) is 0 Å².